The van der Waals surface area contributed by atoms with Crippen molar-refractivity contribution in [3.8, 4) is 0 Å². The number of nitro groups is 1. The van der Waals surface area contributed by atoms with Crippen LogP contribution in [0.1, 0.15) is 5.69 Å². The highest BCUT2D eigenvalue weighted by molar-refractivity contribution is 5.44. The number of nitrogens with zero attached hydrogens (tertiary/aromatic N) is 2. The average Bonchev–Trinajstić information content (AvgIpc) is 2.25. The Balaban J connectivity index is 2.70. The lowest BCUT2D eigenvalue weighted by atomic mass is 10.3. The molecule has 7 nitrogen and oxygen atoms in total. The normalized spacial score (nSPS) is 12.2. The zero-order chi connectivity index (χ0) is 12.1. The second-order valence-corrected chi connectivity index (χ2v) is 3.28. The molecule has 0 radical (unpaired) electrons. The van der Waals surface area contributed by atoms with E-state index in [9.17, 15) is 10.1 Å². The first-order valence-corrected chi connectivity index (χ1v) is 4.69. The van der Waals surface area contributed by atoms with Crippen LogP contribution in [0.5, 0.6) is 0 Å². The van der Waals surface area contributed by atoms with Crippen molar-refractivity contribution in [2.75, 3.05) is 18.5 Å². The van der Waals surface area contributed by atoms with Crippen LogP contribution in [0, 0.1) is 17.0 Å². The van der Waals surface area contributed by atoms with Gasteiger partial charge in [0.1, 0.15) is 11.5 Å². The summed E-state index contributed by atoms with van der Waals surface area (Å²) in [6.07, 6.45) is -0.878. The Morgan fingerprint density at radius 1 is 1.62 bits per heavy atom. The highest BCUT2D eigenvalue weighted by Gasteiger charge is 2.11. The number of aliphatic hydroxyl groups excluding tert-OH is 2. The summed E-state index contributed by atoms with van der Waals surface area (Å²) in [6, 6.07) is 2.80. The summed E-state index contributed by atoms with van der Waals surface area (Å²) in [5.74, 6) is 0.426. The van der Waals surface area contributed by atoms with Crippen molar-refractivity contribution in [1.82, 2.24) is 4.98 Å². The highest BCUT2D eigenvalue weighted by Crippen LogP contribution is 2.17. The number of aliphatic hydroxyl groups is 2. The molecule has 16 heavy (non-hydrogen) atoms. The maximum Gasteiger partial charge on any atom is 0.290 e. The number of hydrogen-bond acceptors (Lipinski definition) is 6. The molecule has 0 aromatic carbocycles. The van der Waals surface area contributed by atoms with Gasteiger partial charge in [-0.25, -0.2) is 4.98 Å². The molecule has 7 heteroatoms. The molecule has 0 amide bonds. The lowest BCUT2D eigenvalue weighted by Crippen LogP contribution is -2.23. The van der Waals surface area contributed by atoms with Crippen molar-refractivity contribution in [2.24, 2.45) is 0 Å². The van der Waals surface area contributed by atoms with E-state index in [1.165, 1.54) is 19.1 Å². The van der Waals surface area contributed by atoms with Crippen molar-refractivity contribution in [1.29, 1.82) is 0 Å². The van der Waals surface area contributed by atoms with E-state index in [1.807, 2.05) is 0 Å². The van der Waals surface area contributed by atoms with E-state index in [0.717, 1.165) is 0 Å². The van der Waals surface area contributed by atoms with E-state index >= 15 is 0 Å². The standard InChI is InChI=1S/C9H13N3O4/c1-6-8(12(15)16)2-3-9(11-6)10-4-7(14)5-13/h2-3,7,13-14H,4-5H2,1H3,(H,10,11). The zero-order valence-corrected chi connectivity index (χ0v) is 8.75. The molecule has 1 unspecified atom stereocenters. The molecule has 0 fully saturated rings. The third kappa shape index (κ3) is 3.14. The summed E-state index contributed by atoms with van der Waals surface area (Å²) in [7, 11) is 0. The molecule has 0 aliphatic carbocycles. The van der Waals surface area contributed by atoms with Gasteiger partial charge in [-0.1, -0.05) is 0 Å². The van der Waals surface area contributed by atoms with Crippen LogP contribution in [0.4, 0.5) is 11.5 Å². The number of rotatable bonds is 5. The molecule has 0 saturated heterocycles. The molecule has 1 aromatic heterocycles. The lowest BCUT2D eigenvalue weighted by Gasteiger charge is -2.09. The third-order valence-corrected chi connectivity index (χ3v) is 1.98. The van der Waals surface area contributed by atoms with Gasteiger partial charge in [0.2, 0.25) is 0 Å². The van der Waals surface area contributed by atoms with E-state index in [-0.39, 0.29) is 18.8 Å². The van der Waals surface area contributed by atoms with E-state index in [1.54, 1.807) is 0 Å². The van der Waals surface area contributed by atoms with E-state index in [4.69, 9.17) is 10.2 Å². The van der Waals surface area contributed by atoms with Crippen molar-refractivity contribution < 1.29 is 15.1 Å². The quantitative estimate of drug-likeness (QED) is 0.485. The number of anilines is 1. The van der Waals surface area contributed by atoms with Gasteiger partial charge in [0, 0.05) is 12.6 Å². The summed E-state index contributed by atoms with van der Waals surface area (Å²) in [5.41, 5.74) is 0.252. The van der Waals surface area contributed by atoms with E-state index in [0.29, 0.717) is 11.5 Å². The molecular formula is C9H13N3O4. The van der Waals surface area contributed by atoms with Gasteiger partial charge in [-0.2, -0.15) is 0 Å². The average molecular weight is 227 g/mol. The van der Waals surface area contributed by atoms with Gasteiger partial charge in [-0.15, -0.1) is 0 Å². The van der Waals surface area contributed by atoms with Crippen molar-refractivity contribution in [3.05, 3.63) is 27.9 Å². The summed E-state index contributed by atoms with van der Waals surface area (Å²) in [5, 5.41) is 30.9. The van der Waals surface area contributed by atoms with Crippen molar-refractivity contribution in [3.63, 3.8) is 0 Å². The van der Waals surface area contributed by atoms with E-state index < -0.39 is 11.0 Å². The van der Waals surface area contributed by atoms with E-state index in [2.05, 4.69) is 10.3 Å². The largest absolute Gasteiger partial charge is 0.394 e. The molecular weight excluding hydrogens is 214 g/mol. The fourth-order valence-corrected chi connectivity index (χ4v) is 1.13. The van der Waals surface area contributed by atoms with Gasteiger partial charge in [0.25, 0.3) is 5.69 Å². The maximum atomic E-state index is 10.5. The third-order valence-electron chi connectivity index (χ3n) is 1.98. The van der Waals surface area contributed by atoms with Gasteiger partial charge in [0.05, 0.1) is 17.6 Å². The van der Waals surface area contributed by atoms with Crippen molar-refractivity contribution in [2.45, 2.75) is 13.0 Å². The van der Waals surface area contributed by atoms with Crippen molar-refractivity contribution >= 4 is 11.5 Å². The second kappa shape index (κ2) is 5.38. The van der Waals surface area contributed by atoms with Gasteiger partial charge < -0.3 is 15.5 Å². The minimum absolute atomic E-state index is 0.0479. The van der Waals surface area contributed by atoms with Crippen LogP contribution < -0.4 is 5.32 Å². The Labute approximate surface area is 91.9 Å². The van der Waals surface area contributed by atoms with Crippen LogP contribution in [0.25, 0.3) is 0 Å². The Morgan fingerprint density at radius 2 is 2.31 bits per heavy atom. The first kappa shape index (κ1) is 12.3. The van der Waals surface area contributed by atoms with Crippen LogP contribution in [0.2, 0.25) is 0 Å². The number of nitrogens with one attached hydrogen (secondary N) is 1. The number of aromatic nitrogens is 1. The molecule has 1 aromatic rings. The van der Waals surface area contributed by atoms with Gasteiger partial charge >= 0.3 is 0 Å². The monoisotopic (exact) mass is 227 g/mol. The lowest BCUT2D eigenvalue weighted by molar-refractivity contribution is -0.385. The molecule has 0 aliphatic rings. The Kier molecular flexibility index (Phi) is 4.15. The fraction of sp³-hybridized carbons (Fsp3) is 0.444. The molecule has 0 spiro atoms. The van der Waals surface area contributed by atoms with Gasteiger partial charge in [0.15, 0.2) is 0 Å². The summed E-state index contributed by atoms with van der Waals surface area (Å²) < 4.78 is 0. The molecule has 1 heterocycles. The Hall–Kier alpha value is -1.73. The maximum absolute atomic E-state index is 10.5. The van der Waals surface area contributed by atoms with Crippen LogP contribution in [-0.2, 0) is 0 Å². The molecule has 3 N–H and O–H groups in total. The first-order valence-electron chi connectivity index (χ1n) is 4.69. The Morgan fingerprint density at radius 3 is 2.81 bits per heavy atom. The number of aryl methyl sites for hydroxylation is 1. The first-order chi connectivity index (χ1) is 7.54. The van der Waals surface area contributed by atoms with Crippen LogP contribution >= 0.6 is 0 Å². The summed E-state index contributed by atoms with van der Waals surface area (Å²) in [6.45, 7) is 1.32. The molecule has 0 saturated carbocycles. The Bertz CT molecular complexity index is 383. The predicted octanol–water partition coefficient (Wildman–Crippen LogP) is 0.0633. The number of hydrogen-bond donors (Lipinski definition) is 3. The SMILES string of the molecule is Cc1nc(NCC(O)CO)ccc1[N+](=O)[O-]. The minimum Gasteiger partial charge on any atom is -0.394 e. The minimum atomic E-state index is -0.878. The molecule has 1 atom stereocenters. The molecule has 88 valence electrons. The van der Waals surface area contributed by atoms with Crippen LogP contribution in [0.15, 0.2) is 12.1 Å². The van der Waals surface area contributed by atoms with Crippen LogP contribution in [-0.4, -0.2) is 39.4 Å². The predicted molar refractivity (Wildman–Crippen MR) is 57.2 cm³/mol. The topological polar surface area (TPSA) is 109 Å². The summed E-state index contributed by atoms with van der Waals surface area (Å²) >= 11 is 0. The molecule has 1 rings (SSSR count). The van der Waals surface area contributed by atoms with Gasteiger partial charge in [-0.05, 0) is 13.0 Å². The van der Waals surface area contributed by atoms with Crippen LogP contribution in [0.3, 0.4) is 0 Å². The molecule has 0 bridgehead atoms. The second-order valence-electron chi connectivity index (χ2n) is 3.28. The highest BCUT2D eigenvalue weighted by atomic mass is 16.6. The van der Waals surface area contributed by atoms with Gasteiger partial charge in [-0.3, -0.25) is 10.1 Å². The fourth-order valence-electron chi connectivity index (χ4n) is 1.13. The number of pyridine rings is 1. The zero-order valence-electron chi connectivity index (χ0n) is 8.75. The smallest absolute Gasteiger partial charge is 0.290 e. The molecule has 0 aliphatic heterocycles. The summed E-state index contributed by atoms with van der Waals surface area (Å²) in [4.78, 5) is 14.0.